The van der Waals surface area contributed by atoms with E-state index in [1.165, 1.54) is 4.90 Å². The van der Waals surface area contributed by atoms with Gasteiger partial charge in [0.1, 0.15) is 5.78 Å². The summed E-state index contributed by atoms with van der Waals surface area (Å²) in [4.78, 5) is 80.7. The fraction of sp³-hybridized carbons (Fsp3) is 0.400. The molecule has 9 rings (SSSR count). The average molecular weight is 846 g/mol. The summed E-state index contributed by atoms with van der Waals surface area (Å²) in [5.41, 5.74) is 8.45. The van der Waals surface area contributed by atoms with E-state index in [0.29, 0.717) is 59.1 Å². The molecule has 3 aromatic carbocycles. The Morgan fingerprint density at radius 1 is 0.754 bits per heavy atom. The van der Waals surface area contributed by atoms with E-state index in [-0.39, 0.29) is 125 Å². The number of aliphatic hydroxyl groups excluding tert-OH is 3. The summed E-state index contributed by atoms with van der Waals surface area (Å²) in [6.07, 6.45) is 11.1. The third-order valence-electron chi connectivity index (χ3n) is 10.5. The van der Waals surface area contributed by atoms with E-state index >= 15 is 0 Å². The van der Waals surface area contributed by atoms with E-state index in [1.807, 2.05) is 6.08 Å². The number of nitrogens with two attached hydrogens (primary N) is 1. The van der Waals surface area contributed by atoms with Crippen LogP contribution in [0.15, 0.2) is 84.9 Å². The quantitative estimate of drug-likeness (QED) is 0.160. The first-order valence-corrected chi connectivity index (χ1v) is 19.6. The topological polar surface area (TPSA) is 233 Å². The second-order valence-electron chi connectivity index (χ2n) is 14.9. The normalized spacial score (nSPS) is 22.5. The SMILES string of the molecule is C.NC1CCC(O)C1.O=C(NC1CCC(O)C1)c1ccccc1CO.O=C1C=CCC1.O=C1CCC(N2C(=O)c3ccccc3C2=O)C1.O=C1NC(=O)c2ccccc21.[B].[H-].[Na+]. The Morgan fingerprint density at radius 3 is 1.70 bits per heavy atom. The number of ketones is 2. The maximum absolute atomic E-state index is 12.1. The molecule has 5 atom stereocenters. The van der Waals surface area contributed by atoms with Crippen LogP contribution in [0.4, 0.5) is 0 Å². The van der Waals surface area contributed by atoms with Crippen molar-refractivity contribution in [1.29, 1.82) is 0 Å². The van der Waals surface area contributed by atoms with Gasteiger partial charge in [0.2, 0.25) is 0 Å². The van der Waals surface area contributed by atoms with Crippen LogP contribution in [-0.2, 0) is 16.2 Å². The van der Waals surface area contributed by atoms with Crippen molar-refractivity contribution in [1.82, 2.24) is 15.5 Å². The van der Waals surface area contributed by atoms with Crippen LogP contribution >= 0.6 is 0 Å². The maximum atomic E-state index is 12.1. The molecule has 0 spiro atoms. The number of nitrogens with zero attached hydrogens (tertiary/aromatic N) is 1. The maximum Gasteiger partial charge on any atom is 1.00 e. The smallest absolute Gasteiger partial charge is 1.00 e. The summed E-state index contributed by atoms with van der Waals surface area (Å²) in [6.45, 7) is -0.142. The predicted octanol–water partition coefficient (Wildman–Crippen LogP) is 0.932. The molecule has 14 nitrogen and oxygen atoms in total. The number of Topliss-reactive ketones (excluding diaryl/α,β-unsaturated/α-hetero) is 1. The number of carbonyl (C=O) groups excluding carboxylic acids is 7. The van der Waals surface area contributed by atoms with Crippen LogP contribution in [0.3, 0.4) is 0 Å². The van der Waals surface area contributed by atoms with Crippen molar-refractivity contribution in [2.45, 2.75) is 115 Å². The summed E-state index contributed by atoms with van der Waals surface area (Å²) in [6, 6.07) is 20.6. The molecule has 2 aliphatic heterocycles. The fourth-order valence-electron chi connectivity index (χ4n) is 7.42. The zero-order chi connectivity index (χ0) is 41.8. The Hall–Kier alpha value is -4.61. The van der Waals surface area contributed by atoms with Gasteiger partial charge in [-0.3, -0.25) is 43.8 Å². The minimum Gasteiger partial charge on any atom is -1.00 e. The molecule has 0 bridgehead atoms. The first-order valence-electron chi connectivity index (χ1n) is 19.6. The molecule has 319 valence electrons. The number of nitrogens with one attached hydrogen (secondary N) is 2. The molecule has 5 amide bonds. The van der Waals surface area contributed by atoms with Crippen LogP contribution in [0, 0.1) is 0 Å². The zero-order valence-corrected chi connectivity index (χ0v) is 35.8. The van der Waals surface area contributed by atoms with Gasteiger partial charge in [0.25, 0.3) is 29.5 Å². The number of aliphatic hydroxyl groups is 3. The Balaban J connectivity index is 0.000000400. The largest absolute Gasteiger partial charge is 1.00 e. The first-order chi connectivity index (χ1) is 27.9. The molecule has 5 unspecified atom stereocenters. The van der Waals surface area contributed by atoms with E-state index in [1.54, 1.807) is 78.9 Å². The third-order valence-corrected chi connectivity index (χ3v) is 10.5. The van der Waals surface area contributed by atoms with Gasteiger partial charge in [-0.1, -0.05) is 56.0 Å². The molecule has 7 N–H and O–H groups in total. The minimum absolute atomic E-state index is 0. The summed E-state index contributed by atoms with van der Waals surface area (Å²) >= 11 is 0. The van der Waals surface area contributed by atoms with Crippen LogP contribution in [0.25, 0.3) is 0 Å². The number of hydrogen-bond donors (Lipinski definition) is 6. The molecule has 6 aliphatic rings. The molecule has 3 aromatic rings. The van der Waals surface area contributed by atoms with Crippen molar-refractivity contribution in [3.05, 3.63) is 118 Å². The van der Waals surface area contributed by atoms with E-state index in [9.17, 15) is 38.7 Å². The molecule has 3 saturated carbocycles. The van der Waals surface area contributed by atoms with Crippen LogP contribution in [0.1, 0.15) is 137 Å². The number of hydrogen-bond acceptors (Lipinski definition) is 11. The van der Waals surface area contributed by atoms with Gasteiger partial charge in [0, 0.05) is 51.4 Å². The van der Waals surface area contributed by atoms with Crippen molar-refractivity contribution in [2.24, 2.45) is 5.73 Å². The molecule has 4 aliphatic carbocycles. The number of imide groups is 2. The predicted molar refractivity (Wildman–Crippen MR) is 226 cm³/mol. The molecule has 3 fully saturated rings. The monoisotopic (exact) mass is 845 g/mol. The van der Waals surface area contributed by atoms with Crippen molar-refractivity contribution < 1.29 is 79.9 Å². The van der Waals surface area contributed by atoms with Gasteiger partial charge in [-0.05, 0) is 93.3 Å². The Kier molecular flexibility index (Phi) is 21.8. The number of allylic oxidation sites excluding steroid dienone is 2. The number of rotatable bonds is 4. The van der Waals surface area contributed by atoms with E-state index in [2.05, 4.69) is 10.6 Å². The van der Waals surface area contributed by atoms with Gasteiger partial charge in [0.05, 0.1) is 41.1 Å². The van der Waals surface area contributed by atoms with Crippen LogP contribution in [0.5, 0.6) is 0 Å². The first kappa shape index (κ1) is 52.5. The standard InChI is InChI=1S/C13H11NO3.C13H17NO3.C8H5NO2.C5H11NO.C5H6O.CH4.B.Na.H/c15-9-6-5-8(7-9)14-12(16)10-3-1-2-4-11(10)13(14)17;15-8-9-3-1-2-4-12(9)13(17)14-10-5-6-11(16)7-10;10-7-5-3-1-2-4-6(5)8(11)9-7;6-4-1-2-5(7)3-4;6-5-3-1-2-4-5;;;;/h1-4,8H,5-7H2;1-4,10-11,15-16H,5-8H2,(H,14,17);1-4H,(H,9,10,11);4-5,7H,1-3,6H2;1,3H,2,4H2;1H4;;;/q;;;;;;;+1;-1. The van der Waals surface area contributed by atoms with Gasteiger partial charge in [-0.2, -0.15) is 0 Å². The molecule has 2 heterocycles. The fourth-order valence-corrected chi connectivity index (χ4v) is 7.42. The molecule has 3 radical (unpaired) electrons. The van der Waals surface area contributed by atoms with Crippen molar-refractivity contribution in [3.63, 3.8) is 0 Å². The van der Waals surface area contributed by atoms with Gasteiger partial charge in [0.15, 0.2) is 5.78 Å². The summed E-state index contributed by atoms with van der Waals surface area (Å²) in [5, 5.41) is 32.5. The van der Waals surface area contributed by atoms with Crippen LogP contribution in [-0.4, -0.2) is 100 Å². The number of fused-ring (bicyclic) bond motifs is 2. The molecular weight excluding hydrogens is 790 g/mol. The molecule has 0 saturated heterocycles. The van der Waals surface area contributed by atoms with Crippen molar-refractivity contribution >= 4 is 49.5 Å². The van der Waals surface area contributed by atoms with E-state index in [4.69, 9.17) is 15.9 Å². The number of carbonyl (C=O) groups is 7. The molecule has 0 aromatic heterocycles. The Morgan fingerprint density at radius 2 is 1.30 bits per heavy atom. The Labute approximate surface area is 382 Å². The van der Waals surface area contributed by atoms with Gasteiger partial charge < -0.3 is 27.8 Å². The van der Waals surface area contributed by atoms with Crippen LogP contribution in [0.2, 0.25) is 0 Å². The zero-order valence-electron chi connectivity index (χ0n) is 34.8. The van der Waals surface area contributed by atoms with Gasteiger partial charge in [-0.25, -0.2) is 0 Å². The number of amides is 5. The second-order valence-corrected chi connectivity index (χ2v) is 14.9. The summed E-state index contributed by atoms with van der Waals surface area (Å²) in [5.74, 6) is -0.887. The summed E-state index contributed by atoms with van der Waals surface area (Å²) in [7, 11) is 0. The molecule has 16 heteroatoms. The van der Waals surface area contributed by atoms with E-state index in [0.717, 1.165) is 44.9 Å². The van der Waals surface area contributed by atoms with Crippen molar-refractivity contribution in [3.8, 4) is 0 Å². The second kappa shape index (κ2) is 25.4. The minimum atomic E-state index is -0.300. The van der Waals surface area contributed by atoms with E-state index < -0.39 is 0 Å². The average Bonchev–Trinajstić information content (AvgIpc) is 4.10. The summed E-state index contributed by atoms with van der Waals surface area (Å²) < 4.78 is 0. The molecule has 61 heavy (non-hydrogen) atoms. The van der Waals surface area contributed by atoms with Crippen molar-refractivity contribution in [2.75, 3.05) is 0 Å². The van der Waals surface area contributed by atoms with Gasteiger partial charge in [-0.15, -0.1) is 0 Å². The van der Waals surface area contributed by atoms with Crippen LogP contribution < -0.4 is 45.9 Å². The molecular formula is C45H55BN4NaO10. The Bertz CT molecular complexity index is 1990. The van der Waals surface area contributed by atoms with Gasteiger partial charge >= 0.3 is 29.6 Å². The number of benzene rings is 3. The third kappa shape index (κ3) is 14.5.